The van der Waals surface area contributed by atoms with Crippen LogP contribution in [0.15, 0.2) is 60.8 Å². The molecule has 116 valence electrons. The molecule has 0 saturated carbocycles. The minimum Gasteiger partial charge on any atom is -0.305 e. The lowest BCUT2D eigenvalue weighted by Gasteiger charge is -2.03. The van der Waals surface area contributed by atoms with Crippen LogP contribution >= 0.6 is 11.6 Å². The van der Waals surface area contributed by atoms with Crippen molar-refractivity contribution in [1.29, 1.82) is 0 Å². The highest BCUT2D eigenvalue weighted by Gasteiger charge is 2.08. The first kappa shape index (κ1) is 15.2. The second-order valence-electron chi connectivity index (χ2n) is 4.99. The lowest BCUT2D eigenvalue weighted by Crippen LogP contribution is -2.12. The van der Waals surface area contributed by atoms with Crippen molar-refractivity contribution in [2.75, 3.05) is 5.32 Å². The van der Waals surface area contributed by atoms with Crippen molar-refractivity contribution in [3.05, 3.63) is 82.8 Å². The topological polar surface area (TPSA) is 46.9 Å². The van der Waals surface area contributed by atoms with Gasteiger partial charge in [0.2, 0.25) is 0 Å². The lowest BCUT2D eigenvalue weighted by atomic mass is 10.2. The molecular weight excluding hydrogens is 317 g/mol. The number of amides is 1. The molecule has 1 amide bonds. The van der Waals surface area contributed by atoms with Gasteiger partial charge in [-0.25, -0.2) is 4.39 Å². The SMILES string of the molecule is O=C(Nc1ccn(Cc2cccc(F)c2)n1)c1ccc(Cl)cc1. The van der Waals surface area contributed by atoms with Crippen molar-refractivity contribution in [2.24, 2.45) is 0 Å². The summed E-state index contributed by atoms with van der Waals surface area (Å²) in [6, 6.07) is 14.6. The van der Waals surface area contributed by atoms with E-state index >= 15 is 0 Å². The number of rotatable bonds is 4. The Balaban J connectivity index is 1.67. The van der Waals surface area contributed by atoms with E-state index in [1.165, 1.54) is 12.1 Å². The summed E-state index contributed by atoms with van der Waals surface area (Å²) in [5.41, 5.74) is 1.29. The molecule has 1 heterocycles. The number of carbonyl (C=O) groups is 1. The Morgan fingerprint density at radius 2 is 1.96 bits per heavy atom. The molecule has 1 aromatic heterocycles. The van der Waals surface area contributed by atoms with E-state index in [1.807, 2.05) is 6.07 Å². The first-order valence-corrected chi connectivity index (χ1v) is 7.33. The third-order valence-corrected chi connectivity index (χ3v) is 3.47. The summed E-state index contributed by atoms with van der Waals surface area (Å²) in [5, 5.41) is 7.53. The highest BCUT2D eigenvalue weighted by molar-refractivity contribution is 6.30. The van der Waals surface area contributed by atoms with Gasteiger partial charge < -0.3 is 5.32 Å². The van der Waals surface area contributed by atoms with Gasteiger partial charge in [-0.1, -0.05) is 23.7 Å². The predicted octanol–water partition coefficient (Wildman–Crippen LogP) is 3.98. The molecule has 0 unspecified atom stereocenters. The van der Waals surface area contributed by atoms with Gasteiger partial charge in [0.1, 0.15) is 5.82 Å². The molecule has 0 aliphatic carbocycles. The van der Waals surface area contributed by atoms with Crippen molar-refractivity contribution >= 4 is 23.3 Å². The van der Waals surface area contributed by atoms with Gasteiger partial charge in [-0.05, 0) is 42.0 Å². The van der Waals surface area contributed by atoms with E-state index in [1.54, 1.807) is 47.3 Å². The van der Waals surface area contributed by atoms with Crippen LogP contribution in [0.2, 0.25) is 5.02 Å². The summed E-state index contributed by atoms with van der Waals surface area (Å²) in [4.78, 5) is 12.1. The van der Waals surface area contributed by atoms with Crippen LogP contribution in [-0.2, 0) is 6.54 Å². The van der Waals surface area contributed by atoms with Crippen molar-refractivity contribution in [1.82, 2.24) is 9.78 Å². The van der Waals surface area contributed by atoms with Gasteiger partial charge in [-0.15, -0.1) is 0 Å². The van der Waals surface area contributed by atoms with Gasteiger partial charge in [0.15, 0.2) is 5.82 Å². The van der Waals surface area contributed by atoms with Crippen molar-refractivity contribution in [3.63, 3.8) is 0 Å². The number of nitrogens with zero attached hydrogens (tertiary/aromatic N) is 2. The van der Waals surface area contributed by atoms with Gasteiger partial charge >= 0.3 is 0 Å². The fourth-order valence-electron chi connectivity index (χ4n) is 2.13. The third-order valence-electron chi connectivity index (χ3n) is 3.22. The van der Waals surface area contributed by atoms with Gasteiger partial charge in [0.25, 0.3) is 5.91 Å². The van der Waals surface area contributed by atoms with Crippen LogP contribution < -0.4 is 5.32 Å². The average Bonchev–Trinajstić information content (AvgIpc) is 2.95. The van der Waals surface area contributed by atoms with Crippen molar-refractivity contribution < 1.29 is 9.18 Å². The summed E-state index contributed by atoms with van der Waals surface area (Å²) in [5.74, 6) is -0.120. The normalized spacial score (nSPS) is 10.5. The maximum Gasteiger partial charge on any atom is 0.256 e. The molecule has 6 heteroatoms. The Kier molecular flexibility index (Phi) is 4.39. The van der Waals surface area contributed by atoms with Crippen LogP contribution in [0.1, 0.15) is 15.9 Å². The number of hydrogen-bond acceptors (Lipinski definition) is 2. The first-order valence-electron chi connectivity index (χ1n) is 6.95. The first-order chi connectivity index (χ1) is 11.1. The molecule has 2 aromatic carbocycles. The maximum absolute atomic E-state index is 13.2. The predicted molar refractivity (Wildman–Crippen MR) is 87.1 cm³/mol. The minimum atomic E-state index is -0.286. The maximum atomic E-state index is 13.2. The fourth-order valence-corrected chi connectivity index (χ4v) is 2.25. The van der Waals surface area contributed by atoms with Crippen molar-refractivity contribution in [2.45, 2.75) is 6.54 Å². The summed E-state index contributed by atoms with van der Waals surface area (Å²) in [7, 11) is 0. The molecule has 1 N–H and O–H groups in total. The van der Waals surface area contributed by atoms with E-state index in [0.29, 0.717) is 22.9 Å². The Hall–Kier alpha value is -2.66. The van der Waals surface area contributed by atoms with Crippen molar-refractivity contribution in [3.8, 4) is 0 Å². The van der Waals surface area contributed by atoms with Crippen LogP contribution in [0.4, 0.5) is 10.2 Å². The molecule has 0 aliphatic rings. The smallest absolute Gasteiger partial charge is 0.256 e. The highest BCUT2D eigenvalue weighted by atomic mass is 35.5. The molecule has 3 rings (SSSR count). The summed E-state index contributed by atoms with van der Waals surface area (Å²) in [6.07, 6.45) is 1.72. The molecule has 0 saturated heterocycles. The van der Waals surface area contributed by atoms with E-state index in [2.05, 4.69) is 10.4 Å². The Labute approximate surface area is 137 Å². The number of halogens is 2. The Bertz CT molecular complexity index is 830. The van der Waals surface area contributed by atoms with Crippen LogP contribution in [0, 0.1) is 5.82 Å². The van der Waals surface area contributed by atoms with E-state index in [0.717, 1.165) is 5.56 Å². The summed E-state index contributed by atoms with van der Waals surface area (Å²) < 4.78 is 14.8. The van der Waals surface area contributed by atoms with Gasteiger partial charge in [-0.3, -0.25) is 9.48 Å². The van der Waals surface area contributed by atoms with Gasteiger partial charge in [0.05, 0.1) is 6.54 Å². The highest BCUT2D eigenvalue weighted by Crippen LogP contribution is 2.12. The standard InChI is InChI=1S/C17H13ClFN3O/c18-14-6-4-13(5-7-14)17(23)20-16-8-9-22(21-16)11-12-2-1-3-15(19)10-12/h1-10H,11H2,(H,20,21,23). The second kappa shape index (κ2) is 6.62. The monoisotopic (exact) mass is 329 g/mol. The molecule has 3 aromatic rings. The number of nitrogens with one attached hydrogen (secondary N) is 1. The number of hydrogen-bond donors (Lipinski definition) is 1. The number of anilines is 1. The fraction of sp³-hybridized carbons (Fsp3) is 0.0588. The van der Waals surface area contributed by atoms with Crippen LogP contribution in [-0.4, -0.2) is 15.7 Å². The molecule has 0 atom stereocenters. The Morgan fingerprint density at radius 3 is 2.70 bits per heavy atom. The molecule has 0 aliphatic heterocycles. The zero-order valence-electron chi connectivity index (χ0n) is 12.0. The van der Waals surface area contributed by atoms with E-state index < -0.39 is 0 Å². The second-order valence-corrected chi connectivity index (χ2v) is 5.43. The van der Waals surface area contributed by atoms with Crippen LogP contribution in [0.5, 0.6) is 0 Å². The number of aromatic nitrogens is 2. The van der Waals surface area contributed by atoms with Gasteiger partial charge in [0, 0.05) is 22.8 Å². The number of carbonyl (C=O) groups excluding carboxylic acids is 1. The quantitative estimate of drug-likeness (QED) is 0.787. The summed E-state index contributed by atoms with van der Waals surface area (Å²) in [6.45, 7) is 0.425. The molecule has 0 radical (unpaired) electrons. The van der Waals surface area contributed by atoms with E-state index in [-0.39, 0.29) is 11.7 Å². The van der Waals surface area contributed by atoms with Crippen LogP contribution in [0.3, 0.4) is 0 Å². The lowest BCUT2D eigenvalue weighted by molar-refractivity contribution is 0.102. The molecule has 23 heavy (non-hydrogen) atoms. The molecule has 0 fully saturated rings. The molecule has 4 nitrogen and oxygen atoms in total. The largest absolute Gasteiger partial charge is 0.305 e. The summed E-state index contributed by atoms with van der Waals surface area (Å²) >= 11 is 5.79. The zero-order chi connectivity index (χ0) is 16.2. The molecular formula is C17H13ClFN3O. The molecule has 0 bridgehead atoms. The van der Waals surface area contributed by atoms with E-state index in [9.17, 15) is 9.18 Å². The van der Waals surface area contributed by atoms with Gasteiger partial charge in [-0.2, -0.15) is 5.10 Å². The van der Waals surface area contributed by atoms with E-state index in [4.69, 9.17) is 11.6 Å². The minimum absolute atomic E-state index is 0.266. The Morgan fingerprint density at radius 1 is 1.17 bits per heavy atom. The average molecular weight is 330 g/mol. The van der Waals surface area contributed by atoms with Crippen LogP contribution in [0.25, 0.3) is 0 Å². The zero-order valence-corrected chi connectivity index (χ0v) is 12.8. The third kappa shape index (κ3) is 3.96. The molecule has 0 spiro atoms. The number of benzene rings is 2.